The van der Waals surface area contributed by atoms with E-state index in [1.54, 1.807) is 0 Å². The number of nitrogens with one attached hydrogen (secondary N) is 1. The lowest BCUT2D eigenvalue weighted by atomic mass is 10.0. The average molecular weight is 341 g/mol. The minimum Gasteiger partial charge on any atom is -0.323 e. The zero-order chi connectivity index (χ0) is 13.4. The molecule has 1 fully saturated rings. The molecule has 2 aromatic rings. The Kier molecular flexibility index (Phi) is 3.65. The number of pyridine rings is 1. The molecule has 0 bridgehead atoms. The Bertz CT molecular complexity index is 624. The van der Waals surface area contributed by atoms with Crippen molar-refractivity contribution >= 4 is 44.1 Å². The zero-order valence-corrected chi connectivity index (χ0v) is 12.8. The summed E-state index contributed by atoms with van der Waals surface area (Å²) < 4.78 is 0.949. The summed E-state index contributed by atoms with van der Waals surface area (Å²) in [4.78, 5) is 4.77. The van der Waals surface area contributed by atoms with Crippen molar-refractivity contribution in [2.24, 2.45) is 5.84 Å². The van der Waals surface area contributed by atoms with Crippen molar-refractivity contribution in [1.29, 1.82) is 0 Å². The molecule has 0 unspecified atom stereocenters. The summed E-state index contributed by atoms with van der Waals surface area (Å²) in [7, 11) is 0. The van der Waals surface area contributed by atoms with Gasteiger partial charge >= 0.3 is 0 Å². The maximum absolute atomic E-state index is 6.28. The van der Waals surface area contributed by atoms with E-state index in [2.05, 4.69) is 27.4 Å². The molecule has 1 aliphatic carbocycles. The molecule has 1 saturated carbocycles. The topological polar surface area (TPSA) is 50.9 Å². The summed E-state index contributed by atoms with van der Waals surface area (Å²) in [6.45, 7) is 0. The van der Waals surface area contributed by atoms with Crippen LogP contribution in [-0.4, -0.2) is 4.98 Å². The van der Waals surface area contributed by atoms with Gasteiger partial charge in [0.25, 0.3) is 0 Å². The van der Waals surface area contributed by atoms with E-state index in [1.165, 1.54) is 25.7 Å². The standard InChI is InChI=1S/C14H15BrClN3/c15-9-5-6-10(16)14-13(9)12(19-17)7-11(18-14)8-3-1-2-4-8/h5-8H,1-4,17H2,(H,18,19). The van der Waals surface area contributed by atoms with Crippen molar-refractivity contribution in [3.8, 4) is 0 Å². The van der Waals surface area contributed by atoms with Gasteiger partial charge in [0.05, 0.1) is 16.2 Å². The van der Waals surface area contributed by atoms with Gasteiger partial charge in [0.15, 0.2) is 0 Å². The van der Waals surface area contributed by atoms with Crippen molar-refractivity contribution in [3.63, 3.8) is 0 Å². The number of nitrogen functional groups attached to an aromatic ring is 1. The van der Waals surface area contributed by atoms with Crippen LogP contribution in [0.1, 0.15) is 37.3 Å². The van der Waals surface area contributed by atoms with E-state index in [9.17, 15) is 0 Å². The van der Waals surface area contributed by atoms with Gasteiger partial charge in [-0.25, -0.2) is 0 Å². The molecular formula is C14H15BrClN3. The number of aromatic nitrogens is 1. The van der Waals surface area contributed by atoms with Gasteiger partial charge in [-0.2, -0.15) is 0 Å². The SMILES string of the molecule is NNc1cc(C2CCCC2)nc2c(Cl)ccc(Br)c12. The average Bonchev–Trinajstić information content (AvgIpc) is 2.96. The molecule has 3 nitrogen and oxygen atoms in total. The fourth-order valence-electron chi connectivity index (χ4n) is 2.83. The summed E-state index contributed by atoms with van der Waals surface area (Å²) in [5, 5.41) is 1.60. The molecular weight excluding hydrogens is 326 g/mol. The fraction of sp³-hybridized carbons (Fsp3) is 0.357. The molecule has 5 heteroatoms. The second kappa shape index (κ2) is 5.27. The van der Waals surface area contributed by atoms with Gasteiger partial charge < -0.3 is 5.43 Å². The van der Waals surface area contributed by atoms with Crippen LogP contribution in [0.15, 0.2) is 22.7 Å². The molecule has 0 aliphatic heterocycles. The van der Waals surface area contributed by atoms with Crippen LogP contribution in [0.5, 0.6) is 0 Å². The highest BCUT2D eigenvalue weighted by molar-refractivity contribution is 9.10. The largest absolute Gasteiger partial charge is 0.323 e. The zero-order valence-electron chi connectivity index (χ0n) is 10.4. The number of hydrogen-bond acceptors (Lipinski definition) is 3. The van der Waals surface area contributed by atoms with Gasteiger partial charge in [-0.05, 0) is 31.0 Å². The van der Waals surface area contributed by atoms with Crippen LogP contribution in [0.4, 0.5) is 5.69 Å². The molecule has 0 amide bonds. The summed E-state index contributed by atoms with van der Waals surface area (Å²) >= 11 is 9.82. The number of nitrogens with zero attached hydrogens (tertiary/aromatic N) is 1. The van der Waals surface area contributed by atoms with Gasteiger partial charge in [-0.1, -0.05) is 40.4 Å². The van der Waals surface area contributed by atoms with E-state index in [0.717, 1.165) is 26.8 Å². The van der Waals surface area contributed by atoms with Crippen molar-refractivity contribution in [1.82, 2.24) is 4.98 Å². The monoisotopic (exact) mass is 339 g/mol. The second-order valence-corrected chi connectivity index (χ2v) is 6.23. The van der Waals surface area contributed by atoms with Crippen molar-refractivity contribution < 1.29 is 0 Å². The highest BCUT2D eigenvalue weighted by Gasteiger charge is 2.21. The molecule has 1 aromatic carbocycles. The Labute approximate surface area is 125 Å². The van der Waals surface area contributed by atoms with Crippen LogP contribution < -0.4 is 11.3 Å². The molecule has 19 heavy (non-hydrogen) atoms. The van der Waals surface area contributed by atoms with Gasteiger partial charge in [0, 0.05) is 21.5 Å². The molecule has 1 aliphatic rings. The van der Waals surface area contributed by atoms with E-state index in [1.807, 2.05) is 12.1 Å². The Morgan fingerprint density at radius 2 is 2.05 bits per heavy atom. The van der Waals surface area contributed by atoms with Crippen LogP contribution in [0.25, 0.3) is 10.9 Å². The molecule has 3 N–H and O–H groups in total. The van der Waals surface area contributed by atoms with Crippen molar-refractivity contribution in [2.45, 2.75) is 31.6 Å². The predicted molar refractivity (Wildman–Crippen MR) is 83.5 cm³/mol. The summed E-state index contributed by atoms with van der Waals surface area (Å²) in [6.07, 6.45) is 4.96. The number of anilines is 1. The quantitative estimate of drug-likeness (QED) is 0.621. The van der Waals surface area contributed by atoms with Gasteiger partial charge in [-0.15, -0.1) is 0 Å². The maximum Gasteiger partial charge on any atom is 0.0924 e. The first kappa shape index (κ1) is 13.2. The molecule has 3 rings (SSSR count). The lowest BCUT2D eigenvalue weighted by Crippen LogP contribution is -2.09. The second-order valence-electron chi connectivity index (χ2n) is 4.97. The van der Waals surface area contributed by atoms with Crippen LogP contribution in [0.3, 0.4) is 0 Å². The minimum absolute atomic E-state index is 0.534. The van der Waals surface area contributed by atoms with E-state index in [-0.39, 0.29) is 0 Å². The number of nitrogens with two attached hydrogens (primary N) is 1. The van der Waals surface area contributed by atoms with Gasteiger partial charge in [0.1, 0.15) is 0 Å². The van der Waals surface area contributed by atoms with Crippen molar-refractivity contribution in [2.75, 3.05) is 5.43 Å². The number of rotatable bonds is 2. The normalized spacial score (nSPS) is 16.2. The summed E-state index contributed by atoms with van der Waals surface area (Å²) in [5.74, 6) is 6.19. The smallest absolute Gasteiger partial charge is 0.0924 e. The number of hydrazine groups is 1. The third-order valence-corrected chi connectivity index (χ3v) is 4.78. The van der Waals surface area contributed by atoms with Crippen LogP contribution in [-0.2, 0) is 0 Å². The molecule has 0 atom stereocenters. The number of benzene rings is 1. The van der Waals surface area contributed by atoms with E-state index in [4.69, 9.17) is 22.4 Å². The predicted octanol–water partition coefficient (Wildman–Crippen LogP) is 4.59. The van der Waals surface area contributed by atoms with Crippen LogP contribution in [0, 0.1) is 0 Å². The summed E-state index contributed by atoms with van der Waals surface area (Å²) in [5.41, 5.74) is 5.56. The Morgan fingerprint density at radius 1 is 1.32 bits per heavy atom. The fourth-order valence-corrected chi connectivity index (χ4v) is 3.57. The number of hydrogen-bond donors (Lipinski definition) is 2. The minimum atomic E-state index is 0.534. The first-order chi connectivity index (χ1) is 9.20. The lowest BCUT2D eigenvalue weighted by Gasteiger charge is -2.14. The lowest BCUT2D eigenvalue weighted by molar-refractivity contribution is 0.701. The van der Waals surface area contributed by atoms with Gasteiger partial charge in [0.2, 0.25) is 0 Å². The molecule has 0 saturated heterocycles. The first-order valence-corrected chi connectivity index (χ1v) is 7.63. The third-order valence-electron chi connectivity index (χ3n) is 3.81. The maximum atomic E-state index is 6.28. The molecule has 100 valence electrons. The van der Waals surface area contributed by atoms with Crippen LogP contribution in [0.2, 0.25) is 5.02 Å². The number of fused-ring (bicyclic) bond motifs is 1. The van der Waals surface area contributed by atoms with Gasteiger partial charge in [-0.3, -0.25) is 10.8 Å². The molecule has 1 heterocycles. The third kappa shape index (κ3) is 2.33. The highest BCUT2D eigenvalue weighted by Crippen LogP contribution is 2.39. The number of halogens is 2. The first-order valence-electron chi connectivity index (χ1n) is 6.46. The highest BCUT2D eigenvalue weighted by atomic mass is 79.9. The molecule has 0 radical (unpaired) electrons. The van der Waals surface area contributed by atoms with E-state index in [0.29, 0.717) is 10.9 Å². The van der Waals surface area contributed by atoms with E-state index >= 15 is 0 Å². The summed E-state index contributed by atoms with van der Waals surface area (Å²) in [6, 6.07) is 5.83. The molecule has 1 aromatic heterocycles. The molecule has 0 spiro atoms. The van der Waals surface area contributed by atoms with Crippen molar-refractivity contribution in [3.05, 3.63) is 33.4 Å². The Balaban J connectivity index is 2.24. The Morgan fingerprint density at radius 3 is 2.74 bits per heavy atom. The van der Waals surface area contributed by atoms with Crippen LogP contribution >= 0.6 is 27.5 Å². The van der Waals surface area contributed by atoms with E-state index < -0.39 is 0 Å². The Hall–Kier alpha value is -0.840.